The van der Waals surface area contributed by atoms with Crippen LogP contribution in [0.25, 0.3) is 0 Å². The van der Waals surface area contributed by atoms with E-state index in [-0.39, 0.29) is 0 Å². The van der Waals surface area contributed by atoms with E-state index < -0.39 is 0 Å². The summed E-state index contributed by atoms with van der Waals surface area (Å²) in [5.74, 6) is 6.46. The summed E-state index contributed by atoms with van der Waals surface area (Å²) in [4.78, 5) is 0. The molecule has 0 aromatic rings. The van der Waals surface area contributed by atoms with Crippen LogP contribution in [0.5, 0.6) is 0 Å². The predicted molar refractivity (Wildman–Crippen MR) is 53.8 cm³/mol. The summed E-state index contributed by atoms with van der Waals surface area (Å²) >= 11 is 0. The van der Waals surface area contributed by atoms with Gasteiger partial charge in [-0.1, -0.05) is 27.7 Å². The highest BCUT2D eigenvalue weighted by Gasteiger charge is 2.35. The highest BCUT2D eigenvalue weighted by Crippen LogP contribution is 2.45. The molecule has 0 radical (unpaired) electrons. The molecule has 1 rings (SSSR count). The van der Waals surface area contributed by atoms with Crippen molar-refractivity contribution >= 4 is 0 Å². The summed E-state index contributed by atoms with van der Waals surface area (Å²) in [6.45, 7) is 9.50. The standard InChI is InChI=1S/C12H20/c1-11(2)9-7-5-6-8-10-12(11,3)4/h7-10H2,1-4H3. The van der Waals surface area contributed by atoms with Gasteiger partial charge in [0, 0.05) is 12.8 Å². The van der Waals surface area contributed by atoms with E-state index in [1.807, 2.05) is 0 Å². The second kappa shape index (κ2) is 3.13. The third-order valence-corrected chi connectivity index (χ3v) is 3.71. The van der Waals surface area contributed by atoms with E-state index in [0.29, 0.717) is 10.8 Å². The van der Waals surface area contributed by atoms with Gasteiger partial charge in [0.2, 0.25) is 0 Å². The molecule has 0 unspecified atom stereocenters. The molecule has 0 nitrogen and oxygen atoms in total. The summed E-state index contributed by atoms with van der Waals surface area (Å²) in [7, 11) is 0. The fourth-order valence-corrected chi connectivity index (χ4v) is 1.60. The van der Waals surface area contributed by atoms with E-state index in [1.54, 1.807) is 0 Å². The third-order valence-electron chi connectivity index (χ3n) is 3.71. The van der Waals surface area contributed by atoms with Gasteiger partial charge < -0.3 is 0 Å². The van der Waals surface area contributed by atoms with E-state index in [1.165, 1.54) is 12.8 Å². The van der Waals surface area contributed by atoms with E-state index in [0.717, 1.165) is 12.8 Å². The Morgan fingerprint density at radius 2 is 1.08 bits per heavy atom. The van der Waals surface area contributed by atoms with Crippen molar-refractivity contribution < 1.29 is 0 Å². The van der Waals surface area contributed by atoms with E-state index in [9.17, 15) is 0 Å². The van der Waals surface area contributed by atoms with Crippen molar-refractivity contribution in [1.29, 1.82) is 0 Å². The molecule has 0 spiro atoms. The average molecular weight is 164 g/mol. The van der Waals surface area contributed by atoms with Crippen LogP contribution in [0.4, 0.5) is 0 Å². The minimum Gasteiger partial charge on any atom is -0.103 e. The van der Waals surface area contributed by atoms with Gasteiger partial charge in [-0.15, -0.1) is 11.8 Å². The van der Waals surface area contributed by atoms with Gasteiger partial charge >= 0.3 is 0 Å². The van der Waals surface area contributed by atoms with Crippen molar-refractivity contribution in [2.24, 2.45) is 10.8 Å². The SMILES string of the molecule is CC1(C)CCC#CCCC1(C)C. The fraction of sp³-hybridized carbons (Fsp3) is 0.833. The van der Waals surface area contributed by atoms with Gasteiger partial charge in [-0.05, 0) is 23.7 Å². The molecule has 0 saturated heterocycles. The predicted octanol–water partition coefficient (Wildman–Crippen LogP) is 3.62. The molecule has 0 N–H and O–H groups in total. The fourth-order valence-electron chi connectivity index (χ4n) is 1.60. The number of hydrogen-bond acceptors (Lipinski definition) is 0. The summed E-state index contributed by atoms with van der Waals surface area (Å²) in [5.41, 5.74) is 0.893. The van der Waals surface area contributed by atoms with Crippen molar-refractivity contribution in [2.45, 2.75) is 53.4 Å². The molecule has 0 amide bonds. The molecule has 0 aromatic heterocycles. The van der Waals surface area contributed by atoms with Crippen molar-refractivity contribution in [3.63, 3.8) is 0 Å². The Kier molecular flexibility index (Phi) is 2.52. The van der Waals surface area contributed by atoms with Crippen LogP contribution in [0, 0.1) is 22.7 Å². The molecular formula is C12H20. The molecule has 0 aliphatic heterocycles. The summed E-state index contributed by atoms with van der Waals surface area (Å²) < 4.78 is 0. The lowest BCUT2D eigenvalue weighted by molar-refractivity contribution is 0.0902. The zero-order valence-corrected chi connectivity index (χ0v) is 8.83. The second-order valence-corrected chi connectivity index (χ2v) is 5.12. The molecule has 0 atom stereocenters. The average Bonchev–Trinajstić information content (AvgIpc) is 1.94. The minimum absolute atomic E-state index is 0.447. The summed E-state index contributed by atoms with van der Waals surface area (Å²) in [5, 5.41) is 0. The first-order chi connectivity index (χ1) is 5.46. The lowest BCUT2D eigenvalue weighted by atomic mass is 9.63. The van der Waals surface area contributed by atoms with Crippen LogP contribution in [-0.4, -0.2) is 0 Å². The van der Waals surface area contributed by atoms with Crippen LogP contribution >= 0.6 is 0 Å². The van der Waals surface area contributed by atoms with Crippen molar-refractivity contribution in [3.05, 3.63) is 0 Å². The maximum Gasteiger partial charge on any atom is 0.00939 e. The molecule has 0 bridgehead atoms. The maximum atomic E-state index is 3.23. The highest BCUT2D eigenvalue weighted by atomic mass is 14.4. The summed E-state index contributed by atoms with van der Waals surface area (Å²) in [6, 6.07) is 0. The first-order valence-corrected chi connectivity index (χ1v) is 4.91. The van der Waals surface area contributed by atoms with Gasteiger partial charge in [0.25, 0.3) is 0 Å². The molecule has 12 heavy (non-hydrogen) atoms. The lowest BCUT2D eigenvalue weighted by Gasteiger charge is -2.42. The Labute approximate surface area is 76.7 Å². The topological polar surface area (TPSA) is 0 Å². The third kappa shape index (κ3) is 1.83. The van der Waals surface area contributed by atoms with Crippen molar-refractivity contribution in [1.82, 2.24) is 0 Å². The van der Waals surface area contributed by atoms with Gasteiger partial charge in [0.05, 0.1) is 0 Å². The first kappa shape index (κ1) is 9.65. The number of rotatable bonds is 0. The molecule has 1 aliphatic carbocycles. The van der Waals surface area contributed by atoms with Crippen molar-refractivity contribution in [3.8, 4) is 11.8 Å². The Morgan fingerprint density at radius 3 is 1.42 bits per heavy atom. The van der Waals surface area contributed by atoms with E-state index in [2.05, 4.69) is 39.5 Å². The molecule has 1 aliphatic rings. The van der Waals surface area contributed by atoms with Crippen LogP contribution < -0.4 is 0 Å². The van der Waals surface area contributed by atoms with Crippen LogP contribution in [0.3, 0.4) is 0 Å². The highest BCUT2D eigenvalue weighted by molar-refractivity contribution is 5.04. The molecule has 0 aromatic carbocycles. The monoisotopic (exact) mass is 164 g/mol. The number of hydrogen-bond donors (Lipinski definition) is 0. The normalized spacial score (nSPS) is 26.3. The van der Waals surface area contributed by atoms with Gasteiger partial charge in [-0.25, -0.2) is 0 Å². The zero-order chi connectivity index (χ0) is 9.24. The van der Waals surface area contributed by atoms with E-state index in [4.69, 9.17) is 0 Å². The van der Waals surface area contributed by atoms with Crippen LogP contribution in [0.2, 0.25) is 0 Å². The summed E-state index contributed by atoms with van der Waals surface area (Å²) in [6.07, 6.45) is 4.65. The second-order valence-electron chi connectivity index (χ2n) is 5.12. The smallest absolute Gasteiger partial charge is 0.00939 e. The van der Waals surface area contributed by atoms with E-state index >= 15 is 0 Å². The quantitative estimate of drug-likeness (QED) is 0.480. The Hall–Kier alpha value is -0.440. The Balaban J connectivity index is 2.80. The first-order valence-electron chi connectivity index (χ1n) is 4.91. The molecule has 0 fully saturated rings. The van der Waals surface area contributed by atoms with Gasteiger partial charge in [0.1, 0.15) is 0 Å². The Morgan fingerprint density at radius 1 is 0.750 bits per heavy atom. The van der Waals surface area contributed by atoms with Crippen molar-refractivity contribution in [2.75, 3.05) is 0 Å². The van der Waals surface area contributed by atoms with Crippen LogP contribution in [0.15, 0.2) is 0 Å². The largest absolute Gasteiger partial charge is 0.103 e. The zero-order valence-electron chi connectivity index (χ0n) is 8.83. The van der Waals surface area contributed by atoms with Gasteiger partial charge in [-0.2, -0.15) is 0 Å². The molecule has 0 heterocycles. The van der Waals surface area contributed by atoms with Gasteiger partial charge in [0.15, 0.2) is 0 Å². The molecule has 68 valence electrons. The minimum atomic E-state index is 0.447. The van der Waals surface area contributed by atoms with Crippen LogP contribution in [-0.2, 0) is 0 Å². The molecular weight excluding hydrogens is 144 g/mol. The Bertz CT molecular complexity index is 188. The molecule has 0 heteroatoms. The maximum absolute atomic E-state index is 3.23. The molecule has 0 saturated carbocycles. The van der Waals surface area contributed by atoms with Crippen LogP contribution in [0.1, 0.15) is 53.4 Å². The van der Waals surface area contributed by atoms with Gasteiger partial charge in [-0.3, -0.25) is 0 Å². The lowest BCUT2D eigenvalue weighted by Crippen LogP contribution is -2.32.